The van der Waals surface area contributed by atoms with Crippen LogP contribution in [0, 0.1) is 0 Å². The van der Waals surface area contributed by atoms with Crippen LogP contribution in [0.3, 0.4) is 0 Å². The maximum absolute atomic E-state index is 11.7. The first kappa shape index (κ1) is 11.7. The van der Waals surface area contributed by atoms with Crippen LogP contribution in [0.5, 0.6) is 0 Å². The van der Waals surface area contributed by atoms with Gasteiger partial charge in [-0.1, -0.05) is 13.8 Å². The Hall–Kier alpha value is -1.78. The lowest BCUT2D eigenvalue weighted by molar-refractivity contribution is 0.578. The van der Waals surface area contributed by atoms with E-state index in [0.717, 1.165) is 5.69 Å². The van der Waals surface area contributed by atoms with Gasteiger partial charge in [-0.2, -0.15) is 4.98 Å². The second-order valence-corrected chi connectivity index (χ2v) is 4.66. The van der Waals surface area contributed by atoms with E-state index in [9.17, 15) is 4.79 Å². The summed E-state index contributed by atoms with van der Waals surface area (Å²) in [5.74, 6) is 0.288. The number of hydrogen-bond acceptors (Lipinski definition) is 4. The van der Waals surface area contributed by atoms with Gasteiger partial charge in [-0.25, -0.2) is 14.8 Å². The summed E-state index contributed by atoms with van der Waals surface area (Å²) >= 11 is 0. The summed E-state index contributed by atoms with van der Waals surface area (Å²) in [7, 11) is 0. The van der Waals surface area contributed by atoms with E-state index in [1.807, 2.05) is 13.8 Å². The van der Waals surface area contributed by atoms with E-state index >= 15 is 0 Å². The summed E-state index contributed by atoms with van der Waals surface area (Å²) in [6, 6.07) is 0.0235. The molecule has 17 heavy (non-hydrogen) atoms. The average Bonchev–Trinajstić information content (AvgIpc) is 2.27. The van der Waals surface area contributed by atoms with Crippen LogP contribution in [0.25, 0.3) is 11.2 Å². The molecule has 2 rings (SSSR count). The molecule has 0 spiro atoms. The molecule has 0 N–H and O–H groups in total. The van der Waals surface area contributed by atoms with Crippen molar-refractivity contribution in [1.82, 2.24) is 19.5 Å². The molecule has 90 valence electrons. The van der Waals surface area contributed by atoms with Crippen molar-refractivity contribution in [1.29, 1.82) is 0 Å². The first-order chi connectivity index (χ1) is 8.00. The smallest absolute Gasteiger partial charge is 0.272 e. The van der Waals surface area contributed by atoms with Gasteiger partial charge in [0.15, 0.2) is 5.65 Å². The lowest BCUT2D eigenvalue weighted by Crippen LogP contribution is -2.25. The van der Waals surface area contributed by atoms with Crippen LogP contribution in [0.4, 0.5) is 0 Å². The SMILES string of the molecule is CC(C)c1cnc2cnc(=O)n(C(C)C)c2n1. The zero-order valence-corrected chi connectivity index (χ0v) is 10.5. The van der Waals surface area contributed by atoms with Crippen LogP contribution in [-0.2, 0) is 0 Å². The molecular weight excluding hydrogens is 216 g/mol. The monoisotopic (exact) mass is 232 g/mol. The minimum atomic E-state index is -0.275. The Kier molecular flexibility index (Phi) is 2.92. The lowest BCUT2D eigenvalue weighted by Gasteiger charge is -2.12. The van der Waals surface area contributed by atoms with Crippen molar-refractivity contribution < 1.29 is 0 Å². The van der Waals surface area contributed by atoms with Gasteiger partial charge in [0.05, 0.1) is 11.9 Å². The molecular formula is C12H16N4O. The standard InChI is InChI=1S/C12H16N4O/c1-7(2)9-5-13-10-6-14-12(17)16(8(3)4)11(10)15-9/h5-8H,1-4H3. The Balaban J connectivity index is 2.81. The fourth-order valence-corrected chi connectivity index (χ4v) is 1.68. The Bertz CT molecular complexity index is 601. The van der Waals surface area contributed by atoms with Gasteiger partial charge in [-0.05, 0) is 19.8 Å². The lowest BCUT2D eigenvalue weighted by atomic mass is 10.1. The van der Waals surface area contributed by atoms with Crippen LogP contribution in [0.2, 0.25) is 0 Å². The van der Waals surface area contributed by atoms with E-state index < -0.39 is 0 Å². The van der Waals surface area contributed by atoms with E-state index in [2.05, 4.69) is 28.8 Å². The highest BCUT2D eigenvalue weighted by Gasteiger charge is 2.11. The normalized spacial score (nSPS) is 11.6. The van der Waals surface area contributed by atoms with Crippen LogP contribution < -0.4 is 5.69 Å². The molecule has 2 aromatic heterocycles. The molecule has 0 amide bonds. The molecule has 5 heteroatoms. The highest BCUT2D eigenvalue weighted by Crippen LogP contribution is 2.15. The number of nitrogens with zero attached hydrogens (tertiary/aromatic N) is 4. The van der Waals surface area contributed by atoms with E-state index in [1.54, 1.807) is 10.8 Å². The molecule has 0 saturated carbocycles. The van der Waals surface area contributed by atoms with Gasteiger partial charge in [0.1, 0.15) is 5.52 Å². The van der Waals surface area contributed by atoms with Crippen LogP contribution in [0.1, 0.15) is 45.3 Å². The first-order valence-electron chi connectivity index (χ1n) is 5.75. The molecule has 0 aliphatic carbocycles. The molecule has 0 fully saturated rings. The van der Waals surface area contributed by atoms with Crippen LogP contribution in [-0.4, -0.2) is 19.5 Å². The van der Waals surface area contributed by atoms with Crippen LogP contribution in [0.15, 0.2) is 17.2 Å². The van der Waals surface area contributed by atoms with Gasteiger partial charge in [0.25, 0.3) is 0 Å². The van der Waals surface area contributed by atoms with Gasteiger partial charge < -0.3 is 0 Å². The molecule has 0 bridgehead atoms. The molecule has 2 aromatic rings. The third-order valence-electron chi connectivity index (χ3n) is 2.64. The van der Waals surface area contributed by atoms with Crippen molar-refractivity contribution in [3.63, 3.8) is 0 Å². The predicted octanol–water partition coefficient (Wildman–Crippen LogP) is 1.89. The third-order valence-corrected chi connectivity index (χ3v) is 2.64. The quantitative estimate of drug-likeness (QED) is 0.793. The van der Waals surface area contributed by atoms with Crippen molar-refractivity contribution in [2.75, 3.05) is 0 Å². The minimum Gasteiger partial charge on any atom is -0.272 e. The molecule has 0 aromatic carbocycles. The zero-order chi connectivity index (χ0) is 12.6. The second kappa shape index (κ2) is 4.24. The van der Waals surface area contributed by atoms with Crippen molar-refractivity contribution in [2.24, 2.45) is 0 Å². The molecule has 0 radical (unpaired) electrons. The number of hydrogen-bond donors (Lipinski definition) is 0. The molecule has 0 aliphatic heterocycles. The largest absolute Gasteiger partial charge is 0.349 e. The van der Waals surface area contributed by atoms with Crippen molar-refractivity contribution in [2.45, 2.75) is 39.7 Å². The number of aromatic nitrogens is 4. The average molecular weight is 232 g/mol. The maximum atomic E-state index is 11.7. The minimum absolute atomic E-state index is 0.0235. The number of fused-ring (bicyclic) bond motifs is 1. The Morgan fingerprint density at radius 2 is 1.82 bits per heavy atom. The predicted molar refractivity (Wildman–Crippen MR) is 66.1 cm³/mol. The van der Waals surface area contributed by atoms with Crippen molar-refractivity contribution in [3.8, 4) is 0 Å². The summed E-state index contributed by atoms with van der Waals surface area (Å²) in [4.78, 5) is 24.4. The second-order valence-electron chi connectivity index (χ2n) is 4.66. The highest BCUT2D eigenvalue weighted by atomic mass is 16.1. The topological polar surface area (TPSA) is 60.7 Å². The fraction of sp³-hybridized carbons (Fsp3) is 0.500. The molecule has 5 nitrogen and oxygen atoms in total. The van der Waals surface area contributed by atoms with E-state index in [1.165, 1.54) is 6.20 Å². The van der Waals surface area contributed by atoms with Crippen LogP contribution >= 0.6 is 0 Å². The van der Waals surface area contributed by atoms with Gasteiger partial charge in [-0.3, -0.25) is 4.57 Å². The van der Waals surface area contributed by atoms with Crippen molar-refractivity contribution in [3.05, 3.63) is 28.6 Å². The zero-order valence-electron chi connectivity index (χ0n) is 10.5. The molecule has 0 atom stereocenters. The maximum Gasteiger partial charge on any atom is 0.349 e. The molecule has 0 unspecified atom stereocenters. The number of rotatable bonds is 2. The summed E-state index contributed by atoms with van der Waals surface area (Å²) in [6.07, 6.45) is 3.22. The van der Waals surface area contributed by atoms with E-state index in [-0.39, 0.29) is 17.6 Å². The van der Waals surface area contributed by atoms with Crippen molar-refractivity contribution >= 4 is 11.2 Å². The van der Waals surface area contributed by atoms with Gasteiger partial charge >= 0.3 is 5.69 Å². The third kappa shape index (κ3) is 2.05. The summed E-state index contributed by atoms with van der Waals surface area (Å²) in [5, 5.41) is 0. The molecule has 0 saturated heterocycles. The van der Waals surface area contributed by atoms with Gasteiger partial charge in [-0.15, -0.1) is 0 Å². The highest BCUT2D eigenvalue weighted by molar-refractivity contribution is 5.68. The van der Waals surface area contributed by atoms with E-state index in [4.69, 9.17) is 0 Å². The summed E-state index contributed by atoms with van der Waals surface area (Å²) in [5.41, 5.74) is 1.88. The Morgan fingerprint density at radius 3 is 2.41 bits per heavy atom. The van der Waals surface area contributed by atoms with E-state index in [0.29, 0.717) is 11.2 Å². The first-order valence-corrected chi connectivity index (χ1v) is 5.75. The van der Waals surface area contributed by atoms with Gasteiger partial charge in [0.2, 0.25) is 0 Å². The Morgan fingerprint density at radius 1 is 1.12 bits per heavy atom. The fourth-order valence-electron chi connectivity index (χ4n) is 1.68. The summed E-state index contributed by atoms with van der Waals surface area (Å²) in [6.45, 7) is 7.97. The summed E-state index contributed by atoms with van der Waals surface area (Å²) < 4.78 is 1.58. The molecule has 2 heterocycles. The molecule has 0 aliphatic rings. The van der Waals surface area contributed by atoms with Gasteiger partial charge in [0, 0.05) is 12.2 Å². The Labute approximate surface area is 99.6 Å².